The SMILES string of the molecule is CCCCCCCCCCCCCCC(=S)OC[C@H](O)[C@H]1OC[C@@H](O)[C@H]1O. The van der Waals surface area contributed by atoms with Crippen molar-refractivity contribution < 1.29 is 24.8 Å². The monoisotopic (exact) mass is 404 g/mol. The van der Waals surface area contributed by atoms with Gasteiger partial charge in [0.15, 0.2) is 5.05 Å². The van der Waals surface area contributed by atoms with Crippen LogP contribution in [0, 0.1) is 0 Å². The highest BCUT2D eigenvalue weighted by molar-refractivity contribution is 7.80. The zero-order valence-electron chi connectivity index (χ0n) is 17.0. The van der Waals surface area contributed by atoms with Crippen LogP contribution in [0.15, 0.2) is 0 Å². The Hall–Kier alpha value is -0.270. The molecule has 6 heteroatoms. The van der Waals surface area contributed by atoms with Crippen molar-refractivity contribution in [3.63, 3.8) is 0 Å². The van der Waals surface area contributed by atoms with Crippen LogP contribution >= 0.6 is 12.2 Å². The van der Waals surface area contributed by atoms with Gasteiger partial charge in [0, 0.05) is 6.42 Å². The van der Waals surface area contributed by atoms with Crippen LogP contribution in [0.3, 0.4) is 0 Å². The van der Waals surface area contributed by atoms with Gasteiger partial charge < -0.3 is 24.8 Å². The molecule has 0 radical (unpaired) electrons. The largest absolute Gasteiger partial charge is 0.484 e. The van der Waals surface area contributed by atoms with Gasteiger partial charge in [0.2, 0.25) is 0 Å². The second-order valence-electron chi connectivity index (χ2n) is 7.75. The first-order valence-corrected chi connectivity index (χ1v) is 11.3. The minimum absolute atomic E-state index is 0.00840. The van der Waals surface area contributed by atoms with E-state index in [-0.39, 0.29) is 13.2 Å². The summed E-state index contributed by atoms with van der Waals surface area (Å²) in [5.41, 5.74) is 0. The summed E-state index contributed by atoms with van der Waals surface area (Å²) >= 11 is 5.19. The lowest BCUT2D eigenvalue weighted by Crippen LogP contribution is -2.41. The molecule has 1 aliphatic heterocycles. The van der Waals surface area contributed by atoms with Crippen molar-refractivity contribution in [2.45, 2.75) is 115 Å². The van der Waals surface area contributed by atoms with Crippen LogP contribution in [0.4, 0.5) is 0 Å². The molecule has 0 saturated carbocycles. The van der Waals surface area contributed by atoms with Crippen molar-refractivity contribution in [3.8, 4) is 0 Å². The maximum Gasteiger partial charge on any atom is 0.159 e. The van der Waals surface area contributed by atoms with Gasteiger partial charge in [-0.05, 0) is 18.6 Å². The zero-order chi connectivity index (χ0) is 19.9. The maximum atomic E-state index is 9.98. The smallest absolute Gasteiger partial charge is 0.159 e. The van der Waals surface area contributed by atoms with Crippen molar-refractivity contribution in [2.75, 3.05) is 13.2 Å². The molecule has 160 valence electrons. The van der Waals surface area contributed by atoms with Crippen LogP contribution in [0.2, 0.25) is 0 Å². The molecule has 0 aliphatic carbocycles. The predicted octanol–water partition coefficient (Wildman–Crippen LogP) is 3.90. The number of aliphatic hydroxyl groups is 3. The number of aliphatic hydroxyl groups excluding tert-OH is 3. The van der Waals surface area contributed by atoms with Gasteiger partial charge in [-0.25, -0.2) is 0 Å². The Morgan fingerprint density at radius 2 is 1.48 bits per heavy atom. The van der Waals surface area contributed by atoms with Gasteiger partial charge in [0.05, 0.1) is 6.61 Å². The van der Waals surface area contributed by atoms with E-state index in [1.165, 1.54) is 64.2 Å². The highest BCUT2D eigenvalue weighted by Crippen LogP contribution is 2.18. The quantitative estimate of drug-likeness (QED) is 0.267. The molecule has 0 unspecified atom stereocenters. The molecule has 0 aromatic carbocycles. The van der Waals surface area contributed by atoms with Crippen LogP contribution in [-0.2, 0) is 9.47 Å². The van der Waals surface area contributed by atoms with E-state index >= 15 is 0 Å². The number of unbranched alkanes of at least 4 members (excludes halogenated alkanes) is 11. The molecule has 1 heterocycles. The summed E-state index contributed by atoms with van der Waals surface area (Å²) in [5.74, 6) is 0. The summed E-state index contributed by atoms with van der Waals surface area (Å²) in [6, 6.07) is 0. The fraction of sp³-hybridized carbons (Fsp3) is 0.952. The Morgan fingerprint density at radius 1 is 0.963 bits per heavy atom. The van der Waals surface area contributed by atoms with Crippen LogP contribution in [0.25, 0.3) is 0 Å². The molecule has 1 saturated heterocycles. The average molecular weight is 405 g/mol. The summed E-state index contributed by atoms with van der Waals surface area (Å²) in [6.45, 7) is 2.28. The van der Waals surface area contributed by atoms with E-state index in [4.69, 9.17) is 21.7 Å². The number of ether oxygens (including phenoxy) is 2. The minimum atomic E-state index is -1.08. The molecule has 0 aromatic rings. The minimum Gasteiger partial charge on any atom is -0.484 e. The Balaban J connectivity index is 1.89. The lowest BCUT2D eigenvalue weighted by Gasteiger charge is -2.21. The average Bonchev–Trinajstić information content (AvgIpc) is 2.99. The summed E-state index contributed by atoms with van der Waals surface area (Å²) in [7, 11) is 0. The van der Waals surface area contributed by atoms with Crippen LogP contribution in [-0.4, -0.2) is 58.0 Å². The summed E-state index contributed by atoms with van der Waals surface area (Å²) in [5, 5.41) is 29.6. The Bertz CT molecular complexity index is 380. The lowest BCUT2D eigenvalue weighted by atomic mass is 10.0. The van der Waals surface area contributed by atoms with Crippen LogP contribution in [0.1, 0.15) is 90.4 Å². The Morgan fingerprint density at radius 3 is 1.96 bits per heavy atom. The molecule has 0 amide bonds. The van der Waals surface area contributed by atoms with Gasteiger partial charge in [-0.15, -0.1) is 0 Å². The molecule has 3 N–H and O–H groups in total. The highest BCUT2D eigenvalue weighted by Gasteiger charge is 2.39. The van der Waals surface area contributed by atoms with E-state index in [1.807, 2.05) is 0 Å². The van der Waals surface area contributed by atoms with Gasteiger partial charge in [-0.3, -0.25) is 0 Å². The van der Waals surface area contributed by atoms with Gasteiger partial charge in [0.1, 0.15) is 31.0 Å². The van der Waals surface area contributed by atoms with E-state index in [0.29, 0.717) is 5.05 Å². The van der Waals surface area contributed by atoms with E-state index in [2.05, 4.69) is 6.92 Å². The lowest BCUT2D eigenvalue weighted by molar-refractivity contribution is -0.0663. The third-order valence-corrected chi connectivity index (χ3v) is 5.54. The number of hydrogen-bond donors (Lipinski definition) is 3. The summed E-state index contributed by atoms with van der Waals surface area (Å²) in [6.07, 6.45) is 12.5. The number of thiocarbonyl (C=S) groups is 1. The molecule has 0 spiro atoms. The van der Waals surface area contributed by atoms with Gasteiger partial charge >= 0.3 is 0 Å². The highest BCUT2D eigenvalue weighted by atomic mass is 32.1. The first-order chi connectivity index (χ1) is 13.1. The molecular weight excluding hydrogens is 364 g/mol. The molecule has 0 bridgehead atoms. The zero-order valence-corrected chi connectivity index (χ0v) is 17.8. The second kappa shape index (κ2) is 15.6. The molecule has 27 heavy (non-hydrogen) atoms. The topological polar surface area (TPSA) is 79.2 Å². The molecule has 0 aromatic heterocycles. The second-order valence-corrected chi connectivity index (χ2v) is 8.20. The van der Waals surface area contributed by atoms with Gasteiger partial charge in [-0.1, -0.05) is 77.6 Å². The third kappa shape index (κ3) is 11.3. The van der Waals surface area contributed by atoms with Crippen molar-refractivity contribution in [2.24, 2.45) is 0 Å². The molecular formula is C21H40O5S. The van der Waals surface area contributed by atoms with Crippen LogP contribution in [0.5, 0.6) is 0 Å². The third-order valence-electron chi connectivity index (χ3n) is 5.22. The van der Waals surface area contributed by atoms with E-state index in [0.717, 1.165) is 19.3 Å². The Labute approximate surface area is 170 Å². The first kappa shape index (κ1) is 24.8. The number of hydrogen-bond acceptors (Lipinski definition) is 6. The normalized spacial score (nSPS) is 23.5. The number of rotatable bonds is 16. The fourth-order valence-corrected chi connectivity index (χ4v) is 3.63. The molecule has 4 atom stereocenters. The molecule has 1 fully saturated rings. The Kier molecular flexibility index (Phi) is 14.3. The van der Waals surface area contributed by atoms with Gasteiger partial charge in [0.25, 0.3) is 0 Å². The molecule has 1 rings (SSSR count). The summed E-state index contributed by atoms with van der Waals surface area (Å²) < 4.78 is 10.6. The fourth-order valence-electron chi connectivity index (χ4n) is 3.42. The van der Waals surface area contributed by atoms with Gasteiger partial charge in [-0.2, -0.15) is 0 Å². The summed E-state index contributed by atoms with van der Waals surface area (Å²) in [4.78, 5) is 0. The maximum absolute atomic E-state index is 9.98. The van der Waals surface area contributed by atoms with E-state index < -0.39 is 24.4 Å². The standard InChI is InChI=1S/C21H40O5S/c1-2-3-4-5-6-7-8-9-10-11-12-13-14-19(27)25-16-18(23)21-20(24)17(22)15-26-21/h17-18,20-24H,2-16H2,1H3/t17-,18+,20-,21-/m1/s1. The van der Waals surface area contributed by atoms with Crippen molar-refractivity contribution in [3.05, 3.63) is 0 Å². The molecule has 5 nitrogen and oxygen atoms in total. The predicted molar refractivity (Wildman–Crippen MR) is 112 cm³/mol. The molecule has 1 aliphatic rings. The van der Waals surface area contributed by atoms with Crippen molar-refractivity contribution in [1.82, 2.24) is 0 Å². The van der Waals surface area contributed by atoms with Crippen molar-refractivity contribution in [1.29, 1.82) is 0 Å². The van der Waals surface area contributed by atoms with Crippen LogP contribution < -0.4 is 0 Å². The van der Waals surface area contributed by atoms with E-state index in [9.17, 15) is 15.3 Å². The van der Waals surface area contributed by atoms with E-state index in [1.54, 1.807) is 0 Å². The van der Waals surface area contributed by atoms with Crippen molar-refractivity contribution >= 4 is 17.3 Å². The first-order valence-electron chi connectivity index (χ1n) is 10.9.